The molecule has 1 aliphatic carbocycles. The molecule has 8 heteroatoms. The highest BCUT2D eigenvalue weighted by Crippen LogP contribution is 2.38. The number of anilines is 1. The smallest absolute Gasteiger partial charge is 0.268 e. The van der Waals surface area contributed by atoms with Gasteiger partial charge >= 0.3 is 0 Å². The molecule has 34 heavy (non-hydrogen) atoms. The normalized spacial score (nSPS) is 18.1. The van der Waals surface area contributed by atoms with Crippen LogP contribution in [0.2, 0.25) is 5.02 Å². The molecule has 0 amide bonds. The third kappa shape index (κ3) is 4.30. The summed E-state index contributed by atoms with van der Waals surface area (Å²) in [6, 6.07) is 16.1. The van der Waals surface area contributed by atoms with Crippen molar-refractivity contribution in [1.29, 1.82) is 0 Å². The molecule has 5 rings (SSSR count). The van der Waals surface area contributed by atoms with Crippen LogP contribution in [-0.2, 0) is 10.0 Å². The monoisotopic (exact) mass is 494 g/mol. The van der Waals surface area contributed by atoms with Gasteiger partial charge in [0.1, 0.15) is 0 Å². The minimum absolute atomic E-state index is 0.221. The Kier molecular flexibility index (Phi) is 5.86. The molecule has 6 nitrogen and oxygen atoms in total. The van der Waals surface area contributed by atoms with Gasteiger partial charge in [0, 0.05) is 23.2 Å². The van der Waals surface area contributed by atoms with Gasteiger partial charge in [-0.25, -0.2) is 22.4 Å². The van der Waals surface area contributed by atoms with E-state index < -0.39 is 10.0 Å². The summed E-state index contributed by atoms with van der Waals surface area (Å²) in [6.07, 6.45) is 7.68. The van der Waals surface area contributed by atoms with Crippen molar-refractivity contribution in [3.8, 4) is 11.3 Å². The molecule has 176 valence electrons. The van der Waals surface area contributed by atoms with E-state index in [9.17, 15) is 8.42 Å². The number of aromatic nitrogens is 3. The second kappa shape index (κ2) is 8.71. The Morgan fingerprint density at radius 3 is 2.59 bits per heavy atom. The Hall–Kier alpha value is -2.90. The number of benzene rings is 2. The highest BCUT2D eigenvalue weighted by Gasteiger charge is 2.29. The third-order valence-corrected chi connectivity index (χ3v) is 8.48. The largest absolute Gasteiger partial charge is 0.351 e. The second-order valence-corrected chi connectivity index (χ2v) is 11.9. The minimum atomic E-state index is -3.80. The number of fused-ring (bicyclic) bond motifs is 1. The first-order valence-electron chi connectivity index (χ1n) is 11.4. The van der Waals surface area contributed by atoms with Crippen LogP contribution < -0.4 is 5.32 Å². The lowest BCUT2D eigenvalue weighted by atomic mass is 9.75. The Morgan fingerprint density at radius 2 is 1.82 bits per heavy atom. The molecular formula is C26H27ClN4O2S. The van der Waals surface area contributed by atoms with Crippen LogP contribution in [-0.4, -0.2) is 28.4 Å². The van der Waals surface area contributed by atoms with Crippen molar-refractivity contribution >= 4 is 38.5 Å². The van der Waals surface area contributed by atoms with Crippen molar-refractivity contribution in [1.82, 2.24) is 13.9 Å². The van der Waals surface area contributed by atoms with Crippen molar-refractivity contribution in [3.05, 3.63) is 72.0 Å². The molecule has 2 heterocycles. The molecule has 2 aromatic carbocycles. The van der Waals surface area contributed by atoms with E-state index in [0.717, 1.165) is 24.6 Å². The summed E-state index contributed by atoms with van der Waals surface area (Å²) in [5, 5.41) is 4.61. The van der Waals surface area contributed by atoms with E-state index in [4.69, 9.17) is 16.6 Å². The summed E-state index contributed by atoms with van der Waals surface area (Å²) in [5.74, 6) is 0.504. The highest BCUT2D eigenvalue weighted by molar-refractivity contribution is 7.90. The number of rotatable bonds is 5. The number of hydrogen-bond donors (Lipinski definition) is 1. The quantitative estimate of drug-likeness (QED) is 0.349. The van der Waals surface area contributed by atoms with E-state index >= 15 is 0 Å². The molecule has 0 aliphatic heterocycles. The first-order valence-corrected chi connectivity index (χ1v) is 13.3. The molecule has 0 radical (unpaired) electrons. The SMILES string of the molecule is CC1(C)CCC[C@@H](Nc2ncc(Cl)c(-c3cn(S(=O)(=O)c4ccccc4)c4ccccc34)n2)C1. The van der Waals surface area contributed by atoms with Crippen LogP contribution in [0.3, 0.4) is 0 Å². The van der Waals surface area contributed by atoms with E-state index in [1.54, 1.807) is 48.8 Å². The molecule has 4 aromatic rings. The van der Waals surface area contributed by atoms with E-state index in [2.05, 4.69) is 24.1 Å². The van der Waals surface area contributed by atoms with Gasteiger partial charge in [-0.1, -0.05) is 68.3 Å². The van der Waals surface area contributed by atoms with Crippen molar-refractivity contribution in [2.24, 2.45) is 5.41 Å². The number of hydrogen-bond acceptors (Lipinski definition) is 5. The van der Waals surface area contributed by atoms with Crippen LogP contribution in [0.4, 0.5) is 5.95 Å². The molecule has 0 bridgehead atoms. The summed E-state index contributed by atoms with van der Waals surface area (Å²) in [5.41, 5.74) is 2.01. The molecule has 2 aromatic heterocycles. The van der Waals surface area contributed by atoms with Crippen LogP contribution >= 0.6 is 11.6 Å². The molecular weight excluding hydrogens is 468 g/mol. The van der Waals surface area contributed by atoms with Crippen LogP contribution in [0.25, 0.3) is 22.2 Å². The molecule has 0 saturated heterocycles. The zero-order valence-corrected chi connectivity index (χ0v) is 20.8. The van der Waals surface area contributed by atoms with Crippen LogP contribution in [0.5, 0.6) is 0 Å². The Bertz CT molecular complexity index is 1450. The Balaban J connectivity index is 1.58. The van der Waals surface area contributed by atoms with Crippen LogP contribution in [0, 0.1) is 5.41 Å². The highest BCUT2D eigenvalue weighted by atomic mass is 35.5. The summed E-state index contributed by atoms with van der Waals surface area (Å²) in [7, 11) is -3.80. The van der Waals surface area contributed by atoms with Gasteiger partial charge < -0.3 is 5.32 Å². The van der Waals surface area contributed by atoms with Crippen LogP contribution in [0.1, 0.15) is 39.5 Å². The number of nitrogens with zero attached hydrogens (tertiary/aromatic N) is 3. The Labute approximate surface area is 205 Å². The van der Waals surface area contributed by atoms with Crippen molar-refractivity contribution in [2.75, 3.05) is 5.32 Å². The fourth-order valence-corrected chi connectivity index (χ4v) is 6.46. The predicted octanol–water partition coefficient (Wildman–Crippen LogP) is 6.37. The zero-order valence-electron chi connectivity index (χ0n) is 19.2. The van der Waals surface area contributed by atoms with E-state index in [-0.39, 0.29) is 16.4 Å². The molecule has 1 fully saturated rings. The van der Waals surface area contributed by atoms with Crippen molar-refractivity contribution in [3.63, 3.8) is 0 Å². The summed E-state index contributed by atoms with van der Waals surface area (Å²) in [6.45, 7) is 4.58. The van der Waals surface area contributed by atoms with E-state index in [1.807, 2.05) is 18.2 Å². The first-order chi connectivity index (χ1) is 16.2. The first kappa shape index (κ1) is 22.9. The van der Waals surface area contributed by atoms with E-state index in [0.29, 0.717) is 27.7 Å². The maximum Gasteiger partial charge on any atom is 0.268 e. The Morgan fingerprint density at radius 1 is 1.09 bits per heavy atom. The van der Waals surface area contributed by atoms with Gasteiger partial charge in [0.15, 0.2) is 0 Å². The summed E-state index contributed by atoms with van der Waals surface area (Å²) in [4.78, 5) is 9.37. The molecule has 1 atom stereocenters. The predicted molar refractivity (Wildman–Crippen MR) is 137 cm³/mol. The van der Waals surface area contributed by atoms with Gasteiger partial charge in [0.25, 0.3) is 10.0 Å². The average Bonchev–Trinajstić information content (AvgIpc) is 3.21. The third-order valence-electron chi connectivity index (χ3n) is 6.52. The van der Waals surface area contributed by atoms with Crippen LogP contribution in [0.15, 0.2) is 71.9 Å². The maximum absolute atomic E-state index is 13.5. The lowest BCUT2D eigenvalue weighted by Crippen LogP contribution is -2.32. The lowest BCUT2D eigenvalue weighted by molar-refractivity contribution is 0.229. The van der Waals surface area contributed by atoms with E-state index in [1.165, 1.54) is 10.4 Å². The standard InChI is InChI=1S/C26H27ClN4O2S/c1-26(2)14-8-9-18(15-26)29-25-28-16-22(27)24(30-25)21-17-31(23-13-7-6-12-20(21)23)34(32,33)19-10-4-3-5-11-19/h3-7,10-13,16-18H,8-9,14-15H2,1-2H3,(H,28,29,30)/t18-/m1/s1. The maximum atomic E-state index is 13.5. The summed E-state index contributed by atoms with van der Waals surface area (Å²) < 4.78 is 28.2. The van der Waals surface area contributed by atoms with Crippen molar-refractivity contribution in [2.45, 2.75) is 50.5 Å². The van der Waals surface area contributed by atoms with Crippen molar-refractivity contribution < 1.29 is 8.42 Å². The molecule has 0 unspecified atom stereocenters. The average molecular weight is 495 g/mol. The molecule has 0 spiro atoms. The van der Waals surface area contributed by atoms with Gasteiger partial charge in [-0.05, 0) is 42.9 Å². The van der Waals surface area contributed by atoms with Gasteiger partial charge in [0.2, 0.25) is 5.95 Å². The fourth-order valence-electron chi connectivity index (χ4n) is 4.87. The second-order valence-electron chi connectivity index (χ2n) is 9.67. The van der Waals surface area contributed by atoms with Gasteiger partial charge in [-0.2, -0.15) is 0 Å². The van der Waals surface area contributed by atoms with Gasteiger partial charge in [0.05, 0.1) is 27.3 Å². The molecule has 1 saturated carbocycles. The molecule has 1 N–H and O–H groups in total. The molecule has 1 aliphatic rings. The fraction of sp³-hybridized carbons (Fsp3) is 0.308. The van der Waals surface area contributed by atoms with Gasteiger partial charge in [-0.3, -0.25) is 0 Å². The minimum Gasteiger partial charge on any atom is -0.351 e. The number of para-hydroxylation sites is 1. The topological polar surface area (TPSA) is 76.9 Å². The lowest BCUT2D eigenvalue weighted by Gasteiger charge is -2.35. The number of nitrogens with one attached hydrogen (secondary N) is 1. The summed E-state index contributed by atoms with van der Waals surface area (Å²) >= 11 is 6.55. The van der Waals surface area contributed by atoms with Gasteiger partial charge in [-0.15, -0.1) is 0 Å². The number of halogens is 1. The zero-order chi connectivity index (χ0) is 23.9.